The molecule has 4 nitrogen and oxygen atoms in total. The van der Waals surface area contributed by atoms with Crippen molar-refractivity contribution in [3.05, 3.63) is 23.6 Å². The Labute approximate surface area is 103 Å². The smallest absolute Gasteiger partial charge is 0.224 e. The number of rotatable bonds is 2. The lowest BCUT2D eigenvalue weighted by Crippen LogP contribution is -2.15. The van der Waals surface area contributed by atoms with Crippen LogP contribution >= 0.6 is 11.3 Å². The summed E-state index contributed by atoms with van der Waals surface area (Å²) < 4.78 is 16.1. The van der Waals surface area contributed by atoms with Gasteiger partial charge in [-0.2, -0.15) is 0 Å². The van der Waals surface area contributed by atoms with Gasteiger partial charge < -0.3 is 14.2 Å². The summed E-state index contributed by atoms with van der Waals surface area (Å²) in [5.41, 5.74) is 1.02. The molecule has 3 rings (SSSR count). The molecule has 88 valence electrons. The Kier molecular flexibility index (Phi) is 2.60. The van der Waals surface area contributed by atoms with Crippen LogP contribution in [0.1, 0.15) is 0 Å². The second-order valence-electron chi connectivity index (χ2n) is 3.55. The monoisotopic (exact) mass is 249 g/mol. The minimum absolute atomic E-state index is 0.595. The lowest BCUT2D eigenvalue weighted by molar-refractivity contribution is 0.171. The Morgan fingerprint density at radius 2 is 2.06 bits per heavy atom. The molecule has 0 amide bonds. The zero-order valence-electron chi connectivity index (χ0n) is 9.30. The van der Waals surface area contributed by atoms with Crippen molar-refractivity contribution in [2.45, 2.75) is 0 Å². The van der Waals surface area contributed by atoms with Gasteiger partial charge in [-0.05, 0) is 18.2 Å². The molecule has 1 aromatic heterocycles. The minimum atomic E-state index is 0.595. The van der Waals surface area contributed by atoms with Gasteiger partial charge in [-0.1, -0.05) is 0 Å². The number of fused-ring (bicyclic) bond motifs is 1. The maximum absolute atomic E-state index is 5.54. The number of methoxy groups -OCH3 is 1. The fourth-order valence-electron chi connectivity index (χ4n) is 1.66. The quantitative estimate of drug-likeness (QED) is 0.820. The van der Waals surface area contributed by atoms with Gasteiger partial charge in [0.1, 0.15) is 18.2 Å². The van der Waals surface area contributed by atoms with E-state index in [2.05, 4.69) is 4.98 Å². The summed E-state index contributed by atoms with van der Waals surface area (Å²) in [5.74, 6) is 2.21. The van der Waals surface area contributed by atoms with E-state index in [0.717, 1.165) is 22.1 Å². The van der Waals surface area contributed by atoms with Crippen LogP contribution in [-0.4, -0.2) is 25.3 Å². The van der Waals surface area contributed by atoms with Crippen molar-refractivity contribution in [2.75, 3.05) is 20.3 Å². The largest absolute Gasteiger partial charge is 0.486 e. The number of thiazole rings is 1. The van der Waals surface area contributed by atoms with Crippen LogP contribution in [-0.2, 0) is 0 Å². The van der Waals surface area contributed by atoms with Crippen molar-refractivity contribution in [1.29, 1.82) is 0 Å². The molecular weight excluding hydrogens is 238 g/mol. The number of ether oxygens (including phenoxy) is 3. The van der Waals surface area contributed by atoms with Gasteiger partial charge in [0.05, 0.1) is 12.5 Å². The highest BCUT2D eigenvalue weighted by Gasteiger charge is 2.13. The molecule has 0 bridgehead atoms. The number of hydrogen-bond acceptors (Lipinski definition) is 5. The first-order chi connectivity index (χ1) is 8.36. The van der Waals surface area contributed by atoms with E-state index in [1.54, 1.807) is 18.4 Å². The topological polar surface area (TPSA) is 40.6 Å². The first-order valence-electron chi connectivity index (χ1n) is 5.26. The van der Waals surface area contributed by atoms with Crippen molar-refractivity contribution in [3.8, 4) is 28.0 Å². The second kappa shape index (κ2) is 4.25. The Bertz CT molecular complexity index is 538. The summed E-state index contributed by atoms with van der Waals surface area (Å²) in [4.78, 5) is 4.35. The number of hydrogen-bond donors (Lipinski definition) is 0. The van der Waals surface area contributed by atoms with Gasteiger partial charge >= 0.3 is 0 Å². The summed E-state index contributed by atoms with van der Waals surface area (Å²) >= 11 is 1.55. The minimum Gasteiger partial charge on any atom is -0.486 e. The lowest BCUT2D eigenvalue weighted by atomic mass is 10.2. The second-order valence-corrected chi connectivity index (χ2v) is 4.41. The third kappa shape index (κ3) is 1.93. The standard InChI is InChI=1S/C12H11NO3S/c1-14-11-7-17-12(13-11)8-2-3-9-10(6-8)16-5-4-15-9/h2-3,6-7H,4-5H2,1H3. The molecule has 0 spiro atoms. The highest BCUT2D eigenvalue weighted by Crippen LogP contribution is 2.36. The summed E-state index contributed by atoms with van der Waals surface area (Å²) in [6, 6.07) is 5.84. The molecule has 0 fully saturated rings. The molecule has 0 unspecified atom stereocenters. The Balaban J connectivity index is 1.97. The van der Waals surface area contributed by atoms with Gasteiger partial charge in [0.25, 0.3) is 0 Å². The molecule has 0 atom stereocenters. The van der Waals surface area contributed by atoms with E-state index in [1.807, 2.05) is 23.6 Å². The average Bonchev–Trinajstić information content (AvgIpc) is 2.87. The van der Waals surface area contributed by atoms with E-state index >= 15 is 0 Å². The van der Waals surface area contributed by atoms with Gasteiger partial charge in [-0.15, -0.1) is 11.3 Å². The van der Waals surface area contributed by atoms with E-state index in [9.17, 15) is 0 Å². The summed E-state index contributed by atoms with van der Waals surface area (Å²) in [6.07, 6.45) is 0. The van der Waals surface area contributed by atoms with Crippen LogP contribution in [0.5, 0.6) is 17.4 Å². The maximum atomic E-state index is 5.54. The third-order valence-electron chi connectivity index (χ3n) is 2.48. The fourth-order valence-corrected chi connectivity index (χ4v) is 2.43. The molecule has 2 aromatic rings. The predicted molar refractivity (Wildman–Crippen MR) is 65.1 cm³/mol. The highest BCUT2D eigenvalue weighted by molar-refractivity contribution is 7.13. The van der Waals surface area contributed by atoms with Gasteiger partial charge in [-0.25, -0.2) is 4.98 Å². The van der Waals surface area contributed by atoms with E-state index in [-0.39, 0.29) is 0 Å². The number of benzene rings is 1. The van der Waals surface area contributed by atoms with Gasteiger partial charge in [-0.3, -0.25) is 0 Å². The zero-order chi connectivity index (χ0) is 11.7. The number of nitrogens with zero attached hydrogens (tertiary/aromatic N) is 1. The Morgan fingerprint density at radius 3 is 2.82 bits per heavy atom. The van der Waals surface area contributed by atoms with Crippen molar-refractivity contribution >= 4 is 11.3 Å². The number of aromatic nitrogens is 1. The SMILES string of the molecule is COc1csc(-c2ccc3c(c2)OCCO3)n1. The normalized spacial score (nSPS) is 13.5. The molecule has 0 saturated carbocycles. The van der Waals surface area contributed by atoms with Crippen molar-refractivity contribution in [3.63, 3.8) is 0 Å². The molecule has 2 heterocycles. The molecule has 0 radical (unpaired) electrons. The van der Waals surface area contributed by atoms with E-state index in [1.165, 1.54) is 0 Å². The van der Waals surface area contributed by atoms with Crippen LogP contribution < -0.4 is 14.2 Å². The van der Waals surface area contributed by atoms with Crippen LogP contribution in [0.4, 0.5) is 0 Å². The van der Waals surface area contributed by atoms with E-state index in [0.29, 0.717) is 19.1 Å². The first kappa shape index (κ1) is 10.4. The third-order valence-corrected chi connectivity index (χ3v) is 3.35. The highest BCUT2D eigenvalue weighted by atomic mass is 32.1. The lowest BCUT2D eigenvalue weighted by Gasteiger charge is -2.18. The van der Waals surface area contributed by atoms with Gasteiger partial charge in [0.2, 0.25) is 5.88 Å². The average molecular weight is 249 g/mol. The van der Waals surface area contributed by atoms with Crippen molar-refractivity contribution < 1.29 is 14.2 Å². The predicted octanol–water partition coefficient (Wildman–Crippen LogP) is 2.59. The molecule has 0 saturated heterocycles. The first-order valence-corrected chi connectivity index (χ1v) is 6.14. The van der Waals surface area contributed by atoms with Crippen LogP contribution in [0.25, 0.3) is 10.6 Å². The van der Waals surface area contributed by atoms with Crippen LogP contribution in [0.15, 0.2) is 23.6 Å². The summed E-state index contributed by atoms with van der Waals surface area (Å²) in [6.45, 7) is 1.20. The maximum Gasteiger partial charge on any atom is 0.224 e. The van der Waals surface area contributed by atoms with Gasteiger partial charge in [0.15, 0.2) is 11.5 Å². The van der Waals surface area contributed by atoms with Crippen LogP contribution in [0.3, 0.4) is 0 Å². The van der Waals surface area contributed by atoms with E-state index in [4.69, 9.17) is 14.2 Å². The molecule has 1 aromatic carbocycles. The fraction of sp³-hybridized carbons (Fsp3) is 0.250. The molecule has 5 heteroatoms. The van der Waals surface area contributed by atoms with Gasteiger partial charge in [0, 0.05) is 5.56 Å². The van der Waals surface area contributed by atoms with Crippen molar-refractivity contribution in [2.24, 2.45) is 0 Å². The van der Waals surface area contributed by atoms with Crippen LogP contribution in [0.2, 0.25) is 0 Å². The molecule has 0 N–H and O–H groups in total. The van der Waals surface area contributed by atoms with Crippen molar-refractivity contribution in [1.82, 2.24) is 4.98 Å². The molecular formula is C12H11NO3S. The molecule has 17 heavy (non-hydrogen) atoms. The van der Waals surface area contributed by atoms with Crippen LogP contribution in [0, 0.1) is 0 Å². The molecule has 1 aliphatic heterocycles. The van der Waals surface area contributed by atoms with E-state index < -0.39 is 0 Å². The zero-order valence-corrected chi connectivity index (χ0v) is 10.1. The summed E-state index contributed by atoms with van der Waals surface area (Å²) in [5, 5.41) is 2.80. The molecule has 1 aliphatic rings. The molecule has 0 aliphatic carbocycles. The Hall–Kier alpha value is -1.75. The summed E-state index contributed by atoms with van der Waals surface area (Å²) in [7, 11) is 1.61. The Morgan fingerprint density at radius 1 is 1.24 bits per heavy atom.